The molecule has 0 radical (unpaired) electrons. The maximum absolute atomic E-state index is 3.73. The van der Waals surface area contributed by atoms with Crippen LogP contribution in [-0.4, -0.2) is 13.1 Å². The number of fused-ring (bicyclic) bond motifs is 6. The molecule has 0 amide bonds. The van der Waals surface area contributed by atoms with Crippen molar-refractivity contribution in [2.24, 2.45) is 10.8 Å². The van der Waals surface area contributed by atoms with Gasteiger partial charge in [0.1, 0.15) is 0 Å². The molecule has 2 aliphatic heterocycles. The minimum absolute atomic E-state index is 0.530. The molecule has 0 unspecified atom stereocenters. The maximum Gasteiger partial charge on any atom is 0.0383 e. The first-order valence-corrected chi connectivity index (χ1v) is 12.3. The fraction of sp³-hybridized carbons (Fsp3) is 0.571. The van der Waals surface area contributed by atoms with Crippen LogP contribution >= 0.6 is 0 Å². The average molecular weight is 403 g/mol. The van der Waals surface area contributed by atoms with Crippen LogP contribution in [-0.2, 0) is 12.8 Å². The van der Waals surface area contributed by atoms with Gasteiger partial charge in [0.25, 0.3) is 0 Å². The van der Waals surface area contributed by atoms with Crippen LogP contribution < -0.4 is 10.6 Å². The van der Waals surface area contributed by atoms with Crippen molar-refractivity contribution in [1.82, 2.24) is 10.6 Å². The van der Waals surface area contributed by atoms with E-state index in [0.717, 1.165) is 0 Å². The van der Waals surface area contributed by atoms with Crippen LogP contribution in [0.5, 0.6) is 0 Å². The Morgan fingerprint density at radius 3 is 1.57 bits per heavy atom. The van der Waals surface area contributed by atoms with Gasteiger partial charge in [-0.05, 0) is 97.5 Å². The molecule has 2 N–H and O–H groups in total. The van der Waals surface area contributed by atoms with Crippen molar-refractivity contribution >= 4 is 0 Å². The molecule has 2 fully saturated rings. The normalized spacial score (nSPS) is 33.5. The largest absolute Gasteiger partial charge is 0.309 e. The third kappa shape index (κ3) is 3.24. The lowest BCUT2D eigenvalue weighted by molar-refractivity contribution is 0.146. The molecule has 2 heteroatoms. The lowest BCUT2D eigenvalue weighted by Gasteiger charge is -2.40. The molecule has 4 atom stereocenters. The van der Waals surface area contributed by atoms with E-state index in [1.807, 2.05) is 0 Å². The van der Waals surface area contributed by atoms with E-state index in [9.17, 15) is 0 Å². The van der Waals surface area contributed by atoms with E-state index >= 15 is 0 Å². The second-order valence-corrected chi connectivity index (χ2v) is 10.2. The Balaban J connectivity index is 0.000000128. The molecule has 2 aromatic carbocycles. The quantitative estimate of drug-likeness (QED) is 0.631. The van der Waals surface area contributed by atoms with Crippen molar-refractivity contribution in [2.45, 2.75) is 77.3 Å². The van der Waals surface area contributed by atoms with Gasteiger partial charge < -0.3 is 10.6 Å². The summed E-state index contributed by atoms with van der Waals surface area (Å²) >= 11 is 0. The number of hydrogen-bond acceptors (Lipinski definition) is 2. The summed E-state index contributed by atoms with van der Waals surface area (Å²) in [6.45, 7) is 7.10. The molecule has 0 spiro atoms. The minimum atomic E-state index is 0.530. The van der Waals surface area contributed by atoms with Crippen molar-refractivity contribution in [3.8, 4) is 0 Å². The predicted molar refractivity (Wildman–Crippen MR) is 126 cm³/mol. The van der Waals surface area contributed by atoms with Gasteiger partial charge in [-0.1, -0.05) is 62.4 Å². The monoisotopic (exact) mass is 402 g/mol. The predicted octanol–water partition coefficient (Wildman–Crippen LogP) is 6.13. The van der Waals surface area contributed by atoms with Crippen molar-refractivity contribution in [3.63, 3.8) is 0 Å². The van der Waals surface area contributed by atoms with Crippen LogP contribution in [0.1, 0.15) is 86.7 Å². The summed E-state index contributed by atoms with van der Waals surface area (Å²) in [5, 5.41) is 7.46. The molecule has 0 bridgehead atoms. The molecule has 2 nitrogen and oxygen atoms in total. The summed E-state index contributed by atoms with van der Waals surface area (Å²) in [6, 6.07) is 19.2. The Kier molecular flexibility index (Phi) is 5.49. The van der Waals surface area contributed by atoms with Gasteiger partial charge in [0, 0.05) is 12.1 Å². The van der Waals surface area contributed by atoms with Gasteiger partial charge in [0.05, 0.1) is 0 Å². The van der Waals surface area contributed by atoms with Gasteiger partial charge in [0.15, 0.2) is 0 Å². The van der Waals surface area contributed by atoms with Crippen molar-refractivity contribution in [2.75, 3.05) is 13.1 Å². The summed E-state index contributed by atoms with van der Waals surface area (Å²) < 4.78 is 0. The number of piperidine rings is 2. The number of rotatable bonds is 2. The van der Waals surface area contributed by atoms with Gasteiger partial charge in [-0.15, -0.1) is 0 Å². The summed E-state index contributed by atoms with van der Waals surface area (Å²) in [7, 11) is 0. The fourth-order valence-corrected chi connectivity index (χ4v) is 7.08. The fourth-order valence-electron chi connectivity index (χ4n) is 7.08. The van der Waals surface area contributed by atoms with Gasteiger partial charge in [-0.2, -0.15) is 0 Å². The zero-order valence-corrected chi connectivity index (χ0v) is 18.8. The Labute approximate surface area is 182 Å². The van der Waals surface area contributed by atoms with E-state index in [0.29, 0.717) is 22.9 Å². The van der Waals surface area contributed by atoms with Crippen molar-refractivity contribution < 1.29 is 0 Å². The molecule has 160 valence electrons. The third-order valence-electron chi connectivity index (χ3n) is 8.85. The summed E-state index contributed by atoms with van der Waals surface area (Å²) in [4.78, 5) is 0. The topological polar surface area (TPSA) is 24.1 Å². The lowest BCUT2D eigenvalue weighted by atomic mass is 9.72. The molecule has 30 heavy (non-hydrogen) atoms. The zero-order chi connectivity index (χ0) is 20.6. The highest BCUT2D eigenvalue weighted by molar-refractivity contribution is 5.39. The highest BCUT2D eigenvalue weighted by Crippen LogP contribution is 2.53. The Bertz CT molecular complexity index is 816. The van der Waals surface area contributed by atoms with Gasteiger partial charge >= 0.3 is 0 Å². The summed E-state index contributed by atoms with van der Waals surface area (Å²) in [5.41, 5.74) is 7.36. The van der Waals surface area contributed by atoms with E-state index in [2.05, 4.69) is 73.0 Å². The highest BCUT2D eigenvalue weighted by Gasteiger charge is 2.46. The van der Waals surface area contributed by atoms with Gasteiger partial charge in [-0.25, -0.2) is 0 Å². The number of hydrogen-bond donors (Lipinski definition) is 2. The molecule has 2 saturated heterocycles. The van der Waals surface area contributed by atoms with Gasteiger partial charge in [-0.3, -0.25) is 0 Å². The zero-order valence-electron chi connectivity index (χ0n) is 18.8. The molecule has 2 heterocycles. The highest BCUT2D eigenvalue weighted by atomic mass is 15.0. The molecular formula is C28H38N2. The number of nitrogens with one attached hydrogen (secondary N) is 2. The summed E-state index contributed by atoms with van der Waals surface area (Å²) in [6.07, 6.45) is 10.7. The van der Waals surface area contributed by atoms with Crippen LogP contribution in [0.2, 0.25) is 0 Å². The minimum Gasteiger partial charge on any atom is -0.309 e. The first kappa shape index (κ1) is 20.3. The first-order chi connectivity index (χ1) is 14.7. The van der Waals surface area contributed by atoms with E-state index in [-0.39, 0.29) is 0 Å². The van der Waals surface area contributed by atoms with E-state index in [1.165, 1.54) is 64.5 Å². The van der Waals surface area contributed by atoms with Gasteiger partial charge in [0.2, 0.25) is 0 Å². The van der Waals surface area contributed by atoms with Crippen LogP contribution in [0, 0.1) is 10.8 Å². The third-order valence-corrected chi connectivity index (χ3v) is 8.85. The van der Waals surface area contributed by atoms with E-state index in [4.69, 9.17) is 0 Å². The second kappa shape index (κ2) is 8.13. The smallest absolute Gasteiger partial charge is 0.0383 e. The maximum atomic E-state index is 3.73. The lowest BCUT2D eigenvalue weighted by Crippen LogP contribution is -2.40. The van der Waals surface area contributed by atoms with Crippen LogP contribution in [0.4, 0.5) is 0 Å². The Morgan fingerprint density at radius 1 is 0.700 bits per heavy atom. The first-order valence-electron chi connectivity index (χ1n) is 12.3. The Morgan fingerprint density at radius 2 is 1.13 bits per heavy atom. The second-order valence-electron chi connectivity index (χ2n) is 10.2. The average Bonchev–Trinajstić information content (AvgIpc) is 3.33. The number of benzene rings is 2. The van der Waals surface area contributed by atoms with Crippen LogP contribution in [0.3, 0.4) is 0 Å². The Hall–Kier alpha value is -1.64. The molecule has 6 rings (SSSR count). The molecule has 2 aromatic rings. The van der Waals surface area contributed by atoms with Crippen LogP contribution in [0.15, 0.2) is 48.5 Å². The van der Waals surface area contributed by atoms with E-state index < -0.39 is 0 Å². The molecule has 0 aromatic heterocycles. The standard InChI is InChI=1S/2C14H19N/c2*1-2-14-8-5-9-15-13(14)12-7-4-3-6-11(12)10-14/h2*3-4,6-7,13,15H,2,5,8-10H2,1H3/t2*13-,14+/m10/s1. The van der Waals surface area contributed by atoms with Crippen molar-refractivity contribution in [1.29, 1.82) is 0 Å². The summed E-state index contributed by atoms with van der Waals surface area (Å²) in [5.74, 6) is 0. The SMILES string of the molecule is CC[C@@]12CCCN[C@@H]1c1ccccc1C2.CC[C@]12CCCN[C@H]1c1ccccc1C2. The van der Waals surface area contributed by atoms with Crippen molar-refractivity contribution in [3.05, 3.63) is 70.8 Å². The molecule has 4 aliphatic rings. The van der Waals surface area contributed by atoms with E-state index in [1.54, 1.807) is 22.3 Å². The molecule has 0 saturated carbocycles. The molecule has 2 aliphatic carbocycles. The molecular weight excluding hydrogens is 364 g/mol. The van der Waals surface area contributed by atoms with Crippen LogP contribution in [0.25, 0.3) is 0 Å².